The molecule has 7 aromatic rings. The molecule has 0 N–H and O–H groups in total. The van der Waals surface area contributed by atoms with E-state index in [4.69, 9.17) is 19.4 Å². The number of benzene rings is 5. The zero-order valence-electron chi connectivity index (χ0n) is 27.1. The van der Waals surface area contributed by atoms with Gasteiger partial charge in [-0.25, -0.2) is 15.0 Å². The van der Waals surface area contributed by atoms with Crippen LogP contribution in [0, 0.1) is 29.1 Å². The van der Waals surface area contributed by atoms with Crippen LogP contribution in [0.15, 0.2) is 120 Å². The molecule has 4 fully saturated rings. The van der Waals surface area contributed by atoms with E-state index in [1.807, 2.05) is 60.7 Å². The van der Waals surface area contributed by atoms with Gasteiger partial charge in [-0.2, -0.15) is 5.26 Å². The summed E-state index contributed by atoms with van der Waals surface area (Å²) in [4.78, 5) is 15.2. The summed E-state index contributed by atoms with van der Waals surface area (Å²) < 4.78 is 6.23. The summed E-state index contributed by atoms with van der Waals surface area (Å²) in [5, 5.41) is 11.4. The summed E-state index contributed by atoms with van der Waals surface area (Å²) in [6.45, 7) is 0. The molecule has 5 heteroatoms. The molecule has 2 aromatic heterocycles. The minimum atomic E-state index is 0.374. The van der Waals surface area contributed by atoms with Crippen molar-refractivity contribution in [2.75, 3.05) is 0 Å². The summed E-state index contributed by atoms with van der Waals surface area (Å²) >= 11 is 0. The molecular weight excluding hydrogens is 601 g/mol. The molecule has 0 saturated heterocycles. The van der Waals surface area contributed by atoms with Crippen LogP contribution in [-0.2, 0) is 5.41 Å². The monoisotopic (exact) mass is 634 g/mol. The fourth-order valence-electron chi connectivity index (χ4n) is 9.72. The molecular formula is C44H34N4O. The van der Waals surface area contributed by atoms with Gasteiger partial charge >= 0.3 is 0 Å². The molecule has 0 atom stereocenters. The highest BCUT2D eigenvalue weighted by molar-refractivity contribution is 6.06. The van der Waals surface area contributed by atoms with Crippen molar-refractivity contribution >= 4 is 21.9 Å². The number of hydrogen-bond acceptors (Lipinski definition) is 5. The van der Waals surface area contributed by atoms with Crippen LogP contribution in [0.5, 0.6) is 0 Å². The molecule has 0 unspecified atom stereocenters. The van der Waals surface area contributed by atoms with Gasteiger partial charge < -0.3 is 4.42 Å². The van der Waals surface area contributed by atoms with E-state index in [-0.39, 0.29) is 0 Å². The second-order valence-corrected chi connectivity index (χ2v) is 14.6. The quantitative estimate of drug-likeness (QED) is 0.188. The van der Waals surface area contributed by atoms with Crippen LogP contribution in [0.1, 0.15) is 49.7 Å². The lowest BCUT2D eigenvalue weighted by molar-refractivity contribution is -0.00518. The number of rotatable bonds is 5. The van der Waals surface area contributed by atoms with Gasteiger partial charge in [0.1, 0.15) is 11.2 Å². The Kier molecular flexibility index (Phi) is 6.36. The largest absolute Gasteiger partial charge is 0.456 e. The Bertz CT molecular complexity index is 2400. The minimum Gasteiger partial charge on any atom is -0.456 e. The molecule has 0 radical (unpaired) electrons. The van der Waals surface area contributed by atoms with Crippen LogP contribution < -0.4 is 0 Å². The highest BCUT2D eigenvalue weighted by atomic mass is 16.3. The fourth-order valence-corrected chi connectivity index (χ4v) is 9.72. The Morgan fingerprint density at radius 2 is 1.12 bits per heavy atom. The normalized spacial score (nSPS) is 22.5. The van der Waals surface area contributed by atoms with E-state index in [9.17, 15) is 5.26 Å². The third-order valence-corrected chi connectivity index (χ3v) is 11.5. The summed E-state index contributed by atoms with van der Waals surface area (Å²) in [6.07, 6.45) is 8.47. The van der Waals surface area contributed by atoms with Gasteiger partial charge in [0.05, 0.1) is 11.6 Å². The predicted octanol–water partition coefficient (Wildman–Crippen LogP) is 10.8. The van der Waals surface area contributed by atoms with Crippen molar-refractivity contribution in [1.82, 2.24) is 15.0 Å². The Morgan fingerprint density at radius 1 is 0.551 bits per heavy atom. The molecule has 2 heterocycles. The van der Waals surface area contributed by atoms with Gasteiger partial charge in [0.15, 0.2) is 17.5 Å². The van der Waals surface area contributed by atoms with E-state index < -0.39 is 0 Å². The third-order valence-electron chi connectivity index (χ3n) is 11.5. The van der Waals surface area contributed by atoms with Crippen molar-refractivity contribution in [3.8, 4) is 51.4 Å². The molecule has 4 aliphatic rings. The van der Waals surface area contributed by atoms with Crippen LogP contribution in [0.2, 0.25) is 0 Å². The number of furan rings is 1. The van der Waals surface area contributed by atoms with Gasteiger partial charge in [-0.1, -0.05) is 84.9 Å². The molecule has 5 aromatic carbocycles. The van der Waals surface area contributed by atoms with Crippen LogP contribution in [-0.4, -0.2) is 15.0 Å². The first kappa shape index (κ1) is 28.4. The maximum absolute atomic E-state index is 9.39. The van der Waals surface area contributed by atoms with Crippen LogP contribution in [0.4, 0.5) is 0 Å². The average molecular weight is 635 g/mol. The Balaban J connectivity index is 1.07. The summed E-state index contributed by atoms with van der Waals surface area (Å²) in [6, 6.07) is 41.8. The topological polar surface area (TPSA) is 75.6 Å². The highest BCUT2D eigenvalue weighted by Gasteiger charge is 2.51. The number of nitrogens with zero attached hydrogens (tertiary/aromatic N) is 4. The van der Waals surface area contributed by atoms with E-state index in [1.165, 1.54) is 49.7 Å². The second-order valence-electron chi connectivity index (χ2n) is 14.6. The lowest BCUT2D eigenvalue weighted by Gasteiger charge is -2.57. The molecule has 0 spiro atoms. The van der Waals surface area contributed by atoms with Crippen molar-refractivity contribution in [2.45, 2.75) is 43.9 Å². The van der Waals surface area contributed by atoms with Gasteiger partial charge in [0, 0.05) is 27.5 Å². The Hall–Kier alpha value is -5.60. The van der Waals surface area contributed by atoms with E-state index in [1.54, 1.807) is 6.07 Å². The standard InChI is InChI=1S/C44H34N4O/c45-26-27-10-16-36-37-17-13-33(22-40(37)49-39(36)21-27)42-46-41(32-6-2-1-3-7-32)47-43(48-42)38-9-5-4-8-35(38)31-11-14-34(15-12-31)44-23-28-18-29(24-44)20-30(19-28)25-44/h1-17,21-22,28-30H,18-20,23-25H2/t28-,29-,30-,44?. The highest BCUT2D eigenvalue weighted by Crippen LogP contribution is 2.60. The van der Waals surface area contributed by atoms with Crippen molar-refractivity contribution in [1.29, 1.82) is 5.26 Å². The summed E-state index contributed by atoms with van der Waals surface area (Å²) in [5.74, 6) is 4.60. The minimum absolute atomic E-state index is 0.374. The zero-order valence-corrected chi connectivity index (χ0v) is 27.1. The van der Waals surface area contributed by atoms with Crippen LogP contribution >= 0.6 is 0 Å². The number of fused-ring (bicyclic) bond motifs is 3. The van der Waals surface area contributed by atoms with Crippen molar-refractivity contribution in [3.05, 3.63) is 126 Å². The van der Waals surface area contributed by atoms with Gasteiger partial charge in [-0.3, -0.25) is 0 Å². The van der Waals surface area contributed by atoms with Gasteiger partial charge in [-0.05, 0) is 109 Å². The molecule has 4 aliphatic carbocycles. The van der Waals surface area contributed by atoms with Gasteiger partial charge in [0.2, 0.25) is 0 Å². The Labute approximate surface area is 285 Å². The first-order chi connectivity index (χ1) is 24.1. The Morgan fingerprint density at radius 3 is 1.82 bits per heavy atom. The summed E-state index contributed by atoms with van der Waals surface area (Å²) in [7, 11) is 0. The van der Waals surface area contributed by atoms with Crippen molar-refractivity contribution in [3.63, 3.8) is 0 Å². The van der Waals surface area contributed by atoms with E-state index in [0.29, 0.717) is 34.0 Å². The summed E-state index contributed by atoms with van der Waals surface area (Å²) in [5.41, 5.74) is 8.92. The van der Waals surface area contributed by atoms with Crippen LogP contribution in [0.25, 0.3) is 67.2 Å². The zero-order chi connectivity index (χ0) is 32.5. The first-order valence-electron chi connectivity index (χ1n) is 17.5. The SMILES string of the molecule is N#Cc1ccc2c(c1)oc1cc(-c3nc(-c4ccccc4)nc(-c4ccccc4-c4ccc(C56C[C@H]7C[C@H](C5)C[C@@H](C6)C7)cc4)n3)ccc12. The molecule has 5 nitrogen and oxygen atoms in total. The average Bonchev–Trinajstić information content (AvgIpc) is 3.51. The number of aromatic nitrogens is 3. The van der Waals surface area contributed by atoms with Gasteiger partial charge in [0.25, 0.3) is 0 Å². The lowest BCUT2D eigenvalue weighted by Crippen LogP contribution is -2.48. The van der Waals surface area contributed by atoms with E-state index in [2.05, 4.69) is 54.6 Å². The van der Waals surface area contributed by atoms with Crippen molar-refractivity contribution < 1.29 is 4.42 Å². The first-order valence-corrected chi connectivity index (χ1v) is 17.5. The molecule has 236 valence electrons. The number of nitriles is 1. The third kappa shape index (κ3) is 4.77. The second kappa shape index (κ2) is 11.0. The molecule has 11 rings (SSSR count). The lowest BCUT2D eigenvalue weighted by atomic mass is 9.48. The smallest absolute Gasteiger partial charge is 0.164 e. The molecule has 49 heavy (non-hydrogen) atoms. The van der Waals surface area contributed by atoms with Crippen LogP contribution in [0.3, 0.4) is 0 Å². The molecule has 0 amide bonds. The molecule has 4 bridgehead atoms. The fraction of sp³-hybridized carbons (Fsp3) is 0.227. The maximum Gasteiger partial charge on any atom is 0.164 e. The van der Waals surface area contributed by atoms with Crippen molar-refractivity contribution in [2.24, 2.45) is 17.8 Å². The van der Waals surface area contributed by atoms with E-state index in [0.717, 1.165) is 56.4 Å². The molecule has 0 aliphatic heterocycles. The predicted molar refractivity (Wildman–Crippen MR) is 193 cm³/mol. The van der Waals surface area contributed by atoms with E-state index >= 15 is 0 Å². The maximum atomic E-state index is 9.39. The molecule has 4 saturated carbocycles. The number of hydrogen-bond donors (Lipinski definition) is 0. The van der Waals surface area contributed by atoms with Gasteiger partial charge in [-0.15, -0.1) is 0 Å².